The van der Waals surface area contributed by atoms with Gasteiger partial charge < -0.3 is 10.2 Å². The van der Waals surface area contributed by atoms with Gasteiger partial charge in [-0.3, -0.25) is 4.90 Å². The second-order valence-corrected chi connectivity index (χ2v) is 7.09. The average molecular weight is 282 g/mol. The van der Waals surface area contributed by atoms with Crippen molar-refractivity contribution in [2.45, 2.75) is 26.4 Å². The highest BCUT2D eigenvalue weighted by Crippen LogP contribution is 2.27. The van der Waals surface area contributed by atoms with Crippen molar-refractivity contribution in [2.75, 3.05) is 40.3 Å². The Hall–Kier alpha value is -0.490. The van der Waals surface area contributed by atoms with Gasteiger partial charge in [0.15, 0.2) is 0 Å². The number of rotatable bonds is 5. The summed E-state index contributed by atoms with van der Waals surface area (Å²) in [6.07, 6.45) is 2.04. The first-order chi connectivity index (χ1) is 9.06. The molecule has 5 heteroatoms. The maximum absolute atomic E-state index is 4.63. The molecule has 1 aromatic heterocycles. The van der Waals surface area contributed by atoms with Gasteiger partial charge >= 0.3 is 0 Å². The summed E-state index contributed by atoms with van der Waals surface area (Å²) < 4.78 is 0. The molecule has 1 saturated heterocycles. The molecular formula is C14H26N4S. The Morgan fingerprint density at radius 3 is 2.95 bits per heavy atom. The monoisotopic (exact) mass is 282 g/mol. The summed E-state index contributed by atoms with van der Waals surface area (Å²) >= 11 is 1.85. The van der Waals surface area contributed by atoms with Crippen LogP contribution in [-0.4, -0.2) is 55.1 Å². The molecule has 0 saturated carbocycles. The minimum atomic E-state index is 0.461. The summed E-state index contributed by atoms with van der Waals surface area (Å²) in [7, 11) is 4.40. The van der Waals surface area contributed by atoms with E-state index in [9.17, 15) is 0 Å². The van der Waals surface area contributed by atoms with E-state index in [-0.39, 0.29) is 0 Å². The Balaban J connectivity index is 1.92. The Kier molecular flexibility index (Phi) is 5.33. The van der Waals surface area contributed by atoms with Crippen molar-refractivity contribution in [1.82, 2.24) is 20.1 Å². The smallest absolute Gasteiger partial charge is 0.111 e. The van der Waals surface area contributed by atoms with Crippen LogP contribution in [0.25, 0.3) is 0 Å². The van der Waals surface area contributed by atoms with Crippen molar-refractivity contribution in [2.24, 2.45) is 5.92 Å². The molecular weight excluding hydrogens is 256 g/mol. The number of likely N-dealkylation sites (N-methyl/N-ethyl adjacent to an activating group) is 2. The largest absolute Gasteiger partial charge is 0.312 e. The predicted octanol–water partition coefficient (Wildman–Crippen LogP) is 1.81. The zero-order valence-electron chi connectivity index (χ0n) is 12.5. The highest BCUT2D eigenvalue weighted by Gasteiger charge is 2.25. The van der Waals surface area contributed by atoms with Crippen molar-refractivity contribution >= 4 is 11.3 Å². The molecule has 0 radical (unpaired) electrons. The van der Waals surface area contributed by atoms with Crippen molar-refractivity contribution in [3.05, 3.63) is 16.1 Å². The number of nitrogens with one attached hydrogen (secondary N) is 1. The number of piperazine rings is 1. The fourth-order valence-corrected chi connectivity index (χ4v) is 3.36. The number of nitrogens with zero attached hydrogens (tertiary/aromatic N) is 3. The average Bonchev–Trinajstić information content (AvgIpc) is 2.80. The van der Waals surface area contributed by atoms with E-state index in [0.717, 1.165) is 32.7 Å². The van der Waals surface area contributed by atoms with Crippen LogP contribution in [0.3, 0.4) is 0 Å². The molecule has 108 valence electrons. The quantitative estimate of drug-likeness (QED) is 0.892. The molecule has 4 nitrogen and oxygen atoms in total. The van der Waals surface area contributed by atoms with Gasteiger partial charge in [0, 0.05) is 37.3 Å². The Morgan fingerprint density at radius 2 is 2.21 bits per heavy atom. The molecule has 0 amide bonds. The van der Waals surface area contributed by atoms with Gasteiger partial charge in [0.25, 0.3) is 0 Å². The number of aromatic nitrogens is 1. The number of thiazole rings is 1. The summed E-state index contributed by atoms with van der Waals surface area (Å²) in [5, 5.41) is 4.74. The van der Waals surface area contributed by atoms with E-state index in [1.807, 2.05) is 17.5 Å². The third-order valence-corrected chi connectivity index (χ3v) is 4.66. The number of hydrogen-bond acceptors (Lipinski definition) is 5. The second kappa shape index (κ2) is 6.79. The molecule has 1 aliphatic heterocycles. The van der Waals surface area contributed by atoms with Gasteiger partial charge in [-0.2, -0.15) is 0 Å². The lowest BCUT2D eigenvalue weighted by Gasteiger charge is -2.36. The van der Waals surface area contributed by atoms with Crippen LogP contribution in [0.2, 0.25) is 0 Å². The SMILES string of the molecule is CC(C)CNCc1cnc(C2CN(C)CCN2C)s1. The fraction of sp³-hybridized carbons (Fsp3) is 0.786. The van der Waals surface area contributed by atoms with E-state index in [1.54, 1.807) is 0 Å². The highest BCUT2D eigenvalue weighted by molar-refractivity contribution is 7.11. The van der Waals surface area contributed by atoms with Gasteiger partial charge in [0.1, 0.15) is 5.01 Å². The van der Waals surface area contributed by atoms with Crippen LogP contribution in [0, 0.1) is 5.92 Å². The molecule has 0 aliphatic carbocycles. The van der Waals surface area contributed by atoms with Crippen molar-refractivity contribution in [3.63, 3.8) is 0 Å². The minimum absolute atomic E-state index is 0.461. The van der Waals surface area contributed by atoms with E-state index in [0.29, 0.717) is 12.0 Å². The topological polar surface area (TPSA) is 31.4 Å². The van der Waals surface area contributed by atoms with Crippen LogP contribution in [0.5, 0.6) is 0 Å². The molecule has 1 N–H and O–H groups in total. The van der Waals surface area contributed by atoms with E-state index < -0.39 is 0 Å². The zero-order chi connectivity index (χ0) is 13.8. The second-order valence-electron chi connectivity index (χ2n) is 5.95. The lowest BCUT2D eigenvalue weighted by molar-refractivity contribution is 0.115. The van der Waals surface area contributed by atoms with Crippen molar-refractivity contribution in [3.8, 4) is 0 Å². The summed E-state index contributed by atoms with van der Waals surface area (Å²) in [5.74, 6) is 0.700. The van der Waals surface area contributed by atoms with Crippen LogP contribution in [0.1, 0.15) is 29.8 Å². The first-order valence-electron chi connectivity index (χ1n) is 7.10. The van der Waals surface area contributed by atoms with Crippen LogP contribution >= 0.6 is 11.3 Å². The van der Waals surface area contributed by atoms with Crippen molar-refractivity contribution < 1.29 is 0 Å². The van der Waals surface area contributed by atoms with E-state index in [1.165, 1.54) is 9.88 Å². The van der Waals surface area contributed by atoms with Gasteiger partial charge in [-0.05, 0) is 26.6 Å². The van der Waals surface area contributed by atoms with Gasteiger partial charge in [0.2, 0.25) is 0 Å². The maximum Gasteiger partial charge on any atom is 0.111 e. The van der Waals surface area contributed by atoms with E-state index in [4.69, 9.17) is 0 Å². The van der Waals surface area contributed by atoms with Gasteiger partial charge in [-0.15, -0.1) is 11.3 Å². The van der Waals surface area contributed by atoms with Gasteiger partial charge in [0.05, 0.1) is 6.04 Å². The van der Waals surface area contributed by atoms with E-state index >= 15 is 0 Å². The minimum Gasteiger partial charge on any atom is -0.312 e. The first-order valence-corrected chi connectivity index (χ1v) is 7.92. The number of hydrogen-bond donors (Lipinski definition) is 1. The molecule has 0 aromatic carbocycles. The molecule has 1 fully saturated rings. The van der Waals surface area contributed by atoms with Crippen molar-refractivity contribution in [1.29, 1.82) is 0 Å². The van der Waals surface area contributed by atoms with Gasteiger partial charge in [-0.25, -0.2) is 4.98 Å². The lowest BCUT2D eigenvalue weighted by atomic mass is 10.2. The third-order valence-electron chi connectivity index (χ3n) is 3.56. The standard InChI is InChI=1S/C14H26N4S/c1-11(2)7-15-8-12-9-16-14(19-12)13-10-17(3)5-6-18(13)4/h9,11,13,15H,5-8,10H2,1-4H3. The predicted molar refractivity (Wildman–Crippen MR) is 81.5 cm³/mol. The Bertz CT molecular complexity index is 391. The van der Waals surface area contributed by atoms with Crippen LogP contribution < -0.4 is 5.32 Å². The third kappa shape index (κ3) is 4.24. The summed E-state index contributed by atoms with van der Waals surface area (Å²) in [4.78, 5) is 10.8. The molecule has 0 bridgehead atoms. The highest BCUT2D eigenvalue weighted by atomic mass is 32.1. The molecule has 1 atom stereocenters. The lowest BCUT2D eigenvalue weighted by Crippen LogP contribution is -2.44. The summed E-state index contributed by atoms with van der Waals surface area (Å²) in [6.45, 7) is 9.85. The zero-order valence-corrected chi connectivity index (χ0v) is 13.3. The molecule has 19 heavy (non-hydrogen) atoms. The molecule has 2 rings (SSSR count). The molecule has 1 aliphatic rings. The molecule has 2 heterocycles. The maximum atomic E-state index is 4.63. The van der Waals surface area contributed by atoms with Gasteiger partial charge in [-0.1, -0.05) is 13.8 Å². The fourth-order valence-electron chi connectivity index (χ4n) is 2.32. The Labute approximate surface area is 120 Å². The summed E-state index contributed by atoms with van der Waals surface area (Å²) in [5.41, 5.74) is 0. The summed E-state index contributed by atoms with van der Waals surface area (Å²) in [6, 6.07) is 0.461. The normalized spacial score (nSPS) is 22.3. The Morgan fingerprint density at radius 1 is 1.42 bits per heavy atom. The molecule has 0 spiro atoms. The molecule has 1 aromatic rings. The van der Waals surface area contributed by atoms with Crippen LogP contribution in [0.4, 0.5) is 0 Å². The first kappa shape index (κ1) is 14.9. The van der Waals surface area contributed by atoms with Crippen LogP contribution in [0.15, 0.2) is 6.20 Å². The molecule has 1 unspecified atom stereocenters. The van der Waals surface area contributed by atoms with E-state index in [2.05, 4.69) is 48.0 Å². The van der Waals surface area contributed by atoms with Crippen LogP contribution in [-0.2, 0) is 6.54 Å².